The van der Waals surface area contributed by atoms with Crippen LogP contribution in [0.3, 0.4) is 0 Å². The lowest BCUT2D eigenvalue weighted by atomic mass is 9.78. The van der Waals surface area contributed by atoms with Crippen LogP contribution in [0.1, 0.15) is 29.2 Å². The lowest BCUT2D eigenvalue weighted by molar-refractivity contribution is 0.646. The Morgan fingerprint density at radius 2 is 2.04 bits per heavy atom. The number of rotatable bonds is 4. The van der Waals surface area contributed by atoms with Gasteiger partial charge in [-0.1, -0.05) is 31.2 Å². The van der Waals surface area contributed by atoms with Crippen LogP contribution >= 0.6 is 0 Å². The van der Waals surface area contributed by atoms with Crippen LogP contribution in [0.5, 0.6) is 0 Å². The van der Waals surface area contributed by atoms with Crippen LogP contribution in [0.4, 0.5) is 0 Å². The number of benzene rings is 2. The van der Waals surface area contributed by atoms with E-state index in [0.717, 1.165) is 22.0 Å². The minimum absolute atomic E-state index is 0.0674. The number of pyridine rings is 1. The average Bonchev–Trinajstić information content (AvgIpc) is 2.62. The van der Waals surface area contributed by atoms with E-state index in [1.807, 2.05) is 49.5 Å². The third-order valence-corrected chi connectivity index (χ3v) is 4.73. The number of H-pyrrole nitrogens is 1. The molecule has 0 spiro atoms. The Labute approximate surface area is 152 Å². The topological polar surface area (TPSA) is 69.0 Å². The molecule has 3 aromatic rings. The highest BCUT2D eigenvalue weighted by atomic mass is 16.1. The van der Waals surface area contributed by atoms with Crippen molar-refractivity contribution >= 4 is 17.1 Å². The van der Waals surface area contributed by atoms with Crippen LogP contribution < -0.4 is 5.56 Å². The predicted octanol–water partition coefficient (Wildman–Crippen LogP) is 3.91. The molecule has 0 aliphatic heterocycles. The Kier molecular flexibility index (Phi) is 4.73. The van der Waals surface area contributed by atoms with E-state index < -0.39 is 0 Å². The SMILES string of the molecule is CN=C[C@](C)(Cc1cccc(C#N)c1)c1ccc2cc(C)c(=O)[nH]c2c1. The number of aliphatic imine (C=N–C) groups is 1. The van der Waals surface area contributed by atoms with Gasteiger partial charge in [0, 0.05) is 29.8 Å². The Bertz CT molecular complexity index is 1090. The molecule has 1 heterocycles. The fourth-order valence-corrected chi connectivity index (χ4v) is 3.35. The van der Waals surface area contributed by atoms with E-state index >= 15 is 0 Å². The molecule has 0 amide bonds. The lowest BCUT2D eigenvalue weighted by Gasteiger charge is -2.26. The Morgan fingerprint density at radius 3 is 2.77 bits per heavy atom. The summed E-state index contributed by atoms with van der Waals surface area (Å²) in [5.41, 5.74) is 3.90. The van der Waals surface area contributed by atoms with Gasteiger partial charge in [0.1, 0.15) is 0 Å². The number of nitriles is 1. The zero-order chi connectivity index (χ0) is 18.7. The number of aryl methyl sites for hydroxylation is 1. The third kappa shape index (κ3) is 3.43. The van der Waals surface area contributed by atoms with Gasteiger partial charge in [0.2, 0.25) is 0 Å². The highest BCUT2D eigenvalue weighted by Crippen LogP contribution is 2.29. The van der Waals surface area contributed by atoms with Crippen molar-refractivity contribution in [3.05, 3.63) is 81.1 Å². The summed E-state index contributed by atoms with van der Waals surface area (Å²) in [5, 5.41) is 10.1. The van der Waals surface area contributed by atoms with Gasteiger partial charge in [-0.3, -0.25) is 9.79 Å². The fraction of sp³-hybridized carbons (Fsp3) is 0.227. The first-order chi connectivity index (χ1) is 12.4. The van der Waals surface area contributed by atoms with E-state index in [0.29, 0.717) is 17.5 Å². The average molecular weight is 343 g/mol. The Balaban J connectivity index is 2.08. The first-order valence-corrected chi connectivity index (χ1v) is 8.52. The molecule has 3 rings (SSSR count). The Hall–Kier alpha value is -3.19. The molecule has 0 aliphatic carbocycles. The number of aromatic nitrogens is 1. The molecule has 0 saturated heterocycles. The van der Waals surface area contributed by atoms with Gasteiger partial charge in [0.25, 0.3) is 5.56 Å². The maximum atomic E-state index is 12.0. The van der Waals surface area contributed by atoms with Crippen molar-refractivity contribution in [2.24, 2.45) is 4.99 Å². The highest BCUT2D eigenvalue weighted by Gasteiger charge is 2.25. The number of hydrogen-bond donors (Lipinski definition) is 1. The summed E-state index contributed by atoms with van der Waals surface area (Å²) in [6.07, 6.45) is 2.64. The molecule has 1 atom stereocenters. The monoisotopic (exact) mass is 343 g/mol. The highest BCUT2D eigenvalue weighted by molar-refractivity contribution is 5.82. The summed E-state index contributed by atoms with van der Waals surface area (Å²) >= 11 is 0. The van der Waals surface area contributed by atoms with Gasteiger partial charge in [-0.25, -0.2) is 0 Å². The van der Waals surface area contributed by atoms with E-state index in [4.69, 9.17) is 5.26 Å². The second-order valence-electron chi connectivity index (χ2n) is 6.88. The second-order valence-corrected chi connectivity index (χ2v) is 6.88. The molecule has 0 bridgehead atoms. The number of hydrogen-bond acceptors (Lipinski definition) is 3. The van der Waals surface area contributed by atoms with E-state index in [-0.39, 0.29) is 11.0 Å². The van der Waals surface area contributed by atoms with Crippen LogP contribution in [0.2, 0.25) is 0 Å². The van der Waals surface area contributed by atoms with Crippen molar-refractivity contribution in [1.82, 2.24) is 4.98 Å². The first kappa shape index (κ1) is 17.6. The molecule has 4 nitrogen and oxygen atoms in total. The quantitative estimate of drug-likeness (QED) is 0.730. The smallest absolute Gasteiger partial charge is 0.251 e. The van der Waals surface area contributed by atoms with Gasteiger partial charge in [-0.05, 0) is 54.1 Å². The van der Waals surface area contributed by atoms with Crippen molar-refractivity contribution in [2.45, 2.75) is 25.7 Å². The van der Waals surface area contributed by atoms with Gasteiger partial charge in [-0.15, -0.1) is 0 Å². The van der Waals surface area contributed by atoms with Gasteiger partial charge in [-0.2, -0.15) is 5.26 Å². The number of nitrogens with one attached hydrogen (secondary N) is 1. The zero-order valence-corrected chi connectivity index (χ0v) is 15.2. The van der Waals surface area contributed by atoms with E-state index in [9.17, 15) is 4.79 Å². The van der Waals surface area contributed by atoms with E-state index in [1.54, 1.807) is 13.1 Å². The Morgan fingerprint density at radius 1 is 1.23 bits per heavy atom. The van der Waals surface area contributed by atoms with Crippen LogP contribution in [-0.2, 0) is 11.8 Å². The minimum Gasteiger partial charge on any atom is -0.322 e. The molecule has 4 heteroatoms. The van der Waals surface area contributed by atoms with Crippen molar-refractivity contribution in [3.63, 3.8) is 0 Å². The molecular formula is C22H21N3O. The number of fused-ring (bicyclic) bond motifs is 1. The molecule has 1 N–H and O–H groups in total. The first-order valence-electron chi connectivity index (χ1n) is 8.52. The summed E-state index contributed by atoms with van der Waals surface area (Å²) in [6, 6.07) is 17.9. The van der Waals surface area contributed by atoms with Crippen molar-refractivity contribution in [1.29, 1.82) is 5.26 Å². The van der Waals surface area contributed by atoms with Gasteiger partial charge >= 0.3 is 0 Å². The lowest BCUT2D eigenvalue weighted by Crippen LogP contribution is -2.27. The molecule has 26 heavy (non-hydrogen) atoms. The molecule has 130 valence electrons. The van der Waals surface area contributed by atoms with Crippen molar-refractivity contribution in [2.75, 3.05) is 7.05 Å². The van der Waals surface area contributed by atoms with Gasteiger partial charge < -0.3 is 4.98 Å². The summed E-state index contributed by atoms with van der Waals surface area (Å²) in [5.74, 6) is 0. The standard InChI is InChI=1S/C22H21N3O/c1-15-9-18-7-8-19(11-20(18)25-21(15)26)22(2,14-24-3)12-16-5-4-6-17(10-16)13-23/h4-11,14H,12H2,1-3H3,(H,25,26)/t22-/m0/s1. The molecule has 0 aliphatic rings. The van der Waals surface area contributed by atoms with Crippen LogP contribution in [0.15, 0.2) is 58.3 Å². The maximum absolute atomic E-state index is 12.0. The summed E-state index contributed by atoms with van der Waals surface area (Å²) in [6.45, 7) is 3.93. The zero-order valence-electron chi connectivity index (χ0n) is 15.2. The molecule has 0 unspecified atom stereocenters. The van der Waals surface area contributed by atoms with Crippen LogP contribution in [0.25, 0.3) is 10.9 Å². The molecule has 0 fully saturated rings. The van der Waals surface area contributed by atoms with Crippen molar-refractivity contribution in [3.8, 4) is 6.07 Å². The maximum Gasteiger partial charge on any atom is 0.251 e. The normalized spacial score (nSPS) is 13.6. The van der Waals surface area contributed by atoms with E-state index in [2.05, 4.69) is 29.0 Å². The summed E-state index contributed by atoms with van der Waals surface area (Å²) in [4.78, 5) is 19.2. The third-order valence-electron chi connectivity index (χ3n) is 4.73. The number of nitrogens with zero attached hydrogens (tertiary/aromatic N) is 2. The van der Waals surface area contributed by atoms with Gasteiger partial charge in [0.05, 0.1) is 11.6 Å². The van der Waals surface area contributed by atoms with Crippen LogP contribution in [-0.4, -0.2) is 18.2 Å². The molecule has 1 aromatic heterocycles. The van der Waals surface area contributed by atoms with E-state index in [1.165, 1.54) is 0 Å². The minimum atomic E-state index is -0.348. The molecule has 2 aromatic carbocycles. The summed E-state index contributed by atoms with van der Waals surface area (Å²) < 4.78 is 0. The van der Waals surface area contributed by atoms with Crippen LogP contribution in [0, 0.1) is 18.3 Å². The largest absolute Gasteiger partial charge is 0.322 e. The van der Waals surface area contributed by atoms with Crippen molar-refractivity contribution < 1.29 is 0 Å². The van der Waals surface area contributed by atoms with Gasteiger partial charge in [0.15, 0.2) is 0 Å². The predicted molar refractivity (Wildman–Crippen MR) is 106 cm³/mol. The molecule has 0 radical (unpaired) electrons. The molecular weight excluding hydrogens is 322 g/mol. The molecule has 0 saturated carbocycles. The number of aromatic amines is 1. The second kappa shape index (κ2) is 6.97. The summed E-state index contributed by atoms with van der Waals surface area (Å²) in [7, 11) is 1.76. The fourth-order valence-electron chi connectivity index (χ4n) is 3.35.